The maximum atomic E-state index is 17.7. The molecule has 6 saturated heterocycles. The summed E-state index contributed by atoms with van der Waals surface area (Å²) in [7, 11) is 1.41. The van der Waals surface area contributed by atoms with E-state index in [9.17, 15) is 24.5 Å². The van der Waals surface area contributed by atoms with E-state index in [0.717, 1.165) is 61.4 Å². The first kappa shape index (κ1) is 65.2. The number of alkyl halides is 1. The van der Waals surface area contributed by atoms with E-state index in [-0.39, 0.29) is 106 Å². The van der Waals surface area contributed by atoms with E-state index in [4.69, 9.17) is 57.3 Å². The van der Waals surface area contributed by atoms with Gasteiger partial charge < -0.3 is 43.6 Å². The number of hydrogen-bond donors (Lipinski definition) is 0. The normalized spacial score (nSPS) is 23.5. The van der Waals surface area contributed by atoms with Crippen molar-refractivity contribution in [2.24, 2.45) is 0 Å². The van der Waals surface area contributed by atoms with Gasteiger partial charge in [0.05, 0.1) is 89.3 Å². The van der Waals surface area contributed by atoms with E-state index in [1.807, 2.05) is 46.2 Å². The summed E-state index contributed by atoms with van der Waals surface area (Å²) in [6, 6.07) is 18.3. The number of carbonyl (C=O) groups excluding carboxylic acids is 2. The minimum atomic E-state index is -1.44. The Morgan fingerprint density at radius 1 is 0.698 bits per heavy atom. The molecule has 502 valence electrons. The van der Waals surface area contributed by atoms with Gasteiger partial charge >= 0.3 is 12.0 Å². The standard InChI is InChI=1S/C70H73Cl2F5N14O5/c1-42(73)65(92)89-31-29-86(36-44(89)14-22-78)64-47-16-27-84(55-10-3-8-43-12-13-50(74)61(71)59(43)55)38-53(47)81-68(83-64)96-41-70-21-7-26-91(70)57(35-58(70)77)49-34-52(76)62(72)60-46(49)9-4-11-56(60)85-28-17-48-54(39-85)80-67(95-40-69-19-5-24-88(69)25-6-20-69)82-63(48)87-30-32-90(45(37-87)15-23-79)66(93)51(75)18-33-94-2/h3-4,8-13,18,34,44-45,57-58H,1,5-7,14-17,19-21,24-33,35-41H2,2H3/b51-18-/t44-,45-,57?,58?,70?/m0/s1. The first-order valence-electron chi connectivity index (χ1n) is 33.0. The molecule has 4 aromatic carbocycles. The summed E-state index contributed by atoms with van der Waals surface area (Å²) in [5.41, 5.74) is 3.55. The fourth-order valence-corrected chi connectivity index (χ4v) is 17.2. The second-order valence-electron chi connectivity index (χ2n) is 26.5. The quantitative estimate of drug-likeness (QED) is 0.0619. The Labute approximate surface area is 563 Å². The zero-order valence-electron chi connectivity index (χ0n) is 53.3. The third-order valence-electron chi connectivity index (χ3n) is 21.4. The monoisotopic (exact) mass is 1350 g/mol. The van der Waals surface area contributed by atoms with E-state index in [1.54, 1.807) is 6.07 Å². The minimum Gasteiger partial charge on any atom is -0.461 e. The number of hydrogen-bond acceptors (Lipinski definition) is 17. The number of rotatable bonds is 17. The Hall–Kier alpha value is -8.13. The van der Waals surface area contributed by atoms with Gasteiger partial charge in [0.25, 0.3) is 11.8 Å². The van der Waals surface area contributed by atoms with Crippen LogP contribution >= 0.6 is 23.2 Å². The molecule has 96 heavy (non-hydrogen) atoms. The first-order valence-corrected chi connectivity index (χ1v) is 33.8. The fourth-order valence-electron chi connectivity index (χ4n) is 16.7. The average Bonchev–Trinajstić information content (AvgIpc) is 1.53. The number of nitriles is 2. The second kappa shape index (κ2) is 26.7. The van der Waals surface area contributed by atoms with Crippen molar-refractivity contribution in [2.75, 3.05) is 119 Å². The van der Waals surface area contributed by atoms with Crippen molar-refractivity contribution in [1.82, 2.24) is 39.5 Å². The number of anilines is 4. The van der Waals surface area contributed by atoms with Crippen LogP contribution in [0.3, 0.4) is 0 Å². The minimum absolute atomic E-state index is 0.00680. The van der Waals surface area contributed by atoms with Crippen molar-refractivity contribution in [3.63, 3.8) is 0 Å². The number of nitrogens with zero attached hydrogens (tertiary/aromatic N) is 14. The maximum Gasteiger partial charge on any atom is 0.318 e. The molecule has 2 amide bonds. The lowest BCUT2D eigenvalue weighted by molar-refractivity contribution is -0.132. The van der Waals surface area contributed by atoms with Crippen LogP contribution in [0.15, 0.2) is 78.9 Å². The van der Waals surface area contributed by atoms with E-state index >= 15 is 17.6 Å². The highest BCUT2D eigenvalue weighted by molar-refractivity contribution is 6.37. The second-order valence-corrected chi connectivity index (χ2v) is 27.3. The number of carbonyl (C=O) groups is 2. The third-order valence-corrected chi connectivity index (χ3v) is 22.1. The third kappa shape index (κ3) is 11.7. The molecule has 6 fully saturated rings. The van der Waals surface area contributed by atoms with Crippen molar-refractivity contribution >= 4 is 79.6 Å². The lowest BCUT2D eigenvalue weighted by atomic mass is 9.92. The Morgan fingerprint density at radius 3 is 1.90 bits per heavy atom. The molecule has 6 aromatic rings. The molecule has 26 heteroatoms. The van der Waals surface area contributed by atoms with Crippen LogP contribution in [0.5, 0.6) is 12.0 Å². The molecule has 0 saturated carbocycles. The fraction of sp³-hybridized carbons (Fsp3) is 0.486. The Bertz CT molecular complexity index is 4200. The van der Waals surface area contributed by atoms with Gasteiger partial charge in [0.15, 0.2) is 11.7 Å². The molecule has 8 aliphatic rings. The molecule has 0 spiro atoms. The van der Waals surface area contributed by atoms with Gasteiger partial charge in [-0.1, -0.05) is 60.1 Å². The van der Waals surface area contributed by atoms with Gasteiger partial charge in [0, 0.05) is 105 Å². The number of piperazine rings is 2. The molecule has 2 aromatic heterocycles. The number of fused-ring (bicyclic) bond motifs is 6. The van der Waals surface area contributed by atoms with E-state index in [2.05, 4.69) is 38.3 Å². The van der Waals surface area contributed by atoms with Gasteiger partial charge in [-0.3, -0.25) is 19.4 Å². The molecular weight excluding hydrogens is 1280 g/mol. The average molecular weight is 1360 g/mol. The summed E-state index contributed by atoms with van der Waals surface area (Å²) in [5, 5.41) is 22.2. The number of halogens is 7. The highest BCUT2D eigenvalue weighted by Gasteiger charge is 2.58. The SMILES string of the molecule is C=C(F)C(=O)N1CCN(c2nc(OCC34CCCN3C(c3cc(F)c(Cl)c5c(N6CCc7c(nc(OCC89CCCN8CCC9)nc7N7CCN(C(=O)/C(F)=C/COC)[C@@H](CC#N)C7)C6)cccc35)CC4F)nc3c2CCN(c2cccc4ccc(F)c(Cl)c24)C3)C[C@@H]1CC#N. The summed E-state index contributed by atoms with van der Waals surface area (Å²) in [6.45, 7) is 8.35. The van der Waals surface area contributed by atoms with Crippen LogP contribution in [0, 0.1) is 34.3 Å². The van der Waals surface area contributed by atoms with Crippen LogP contribution in [-0.4, -0.2) is 180 Å². The van der Waals surface area contributed by atoms with Gasteiger partial charge in [0.1, 0.15) is 42.7 Å². The molecule has 0 radical (unpaired) electrons. The molecule has 0 aliphatic carbocycles. The Kier molecular flexibility index (Phi) is 18.1. The van der Waals surface area contributed by atoms with Crippen LogP contribution in [0.2, 0.25) is 10.0 Å². The molecule has 0 bridgehead atoms. The van der Waals surface area contributed by atoms with Crippen LogP contribution in [-0.2, 0) is 40.3 Å². The maximum absolute atomic E-state index is 17.7. The number of ether oxygens (including phenoxy) is 3. The molecule has 19 nitrogen and oxygen atoms in total. The number of amides is 2. The van der Waals surface area contributed by atoms with Crippen molar-refractivity contribution < 1.29 is 45.8 Å². The molecule has 8 aliphatic heterocycles. The first-order chi connectivity index (χ1) is 46.5. The smallest absolute Gasteiger partial charge is 0.318 e. The highest BCUT2D eigenvalue weighted by atomic mass is 35.5. The topological polar surface area (TPSA) is 187 Å². The molecule has 3 unspecified atom stereocenters. The van der Waals surface area contributed by atoms with Gasteiger partial charge in [-0.05, 0) is 118 Å². The molecule has 14 rings (SSSR count). The zero-order valence-corrected chi connectivity index (χ0v) is 54.8. The van der Waals surface area contributed by atoms with E-state index < -0.39 is 64.9 Å². The predicted octanol–water partition coefficient (Wildman–Crippen LogP) is 10.8. The Morgan fingerprint density at radius 2 is 1.28 bits per heavy atom. The summed E-state index contributed by atoms with van der Waals surface area (Å²) >= 11 is 13.8. The van der Waals surface area contributed by atoms with Crippen LogP contribution in [0.1, 0.15) is 91.9 Å². The van der Waals surface area contributed by atoms with Crippen LogP contribution in [0.25, 0.3) is 21.5 Å². The summed E-state index contributed by atoms with van der Waals surface area (Å²) in [4.78, 5) is 62.3. The van der Waals surface area contributed by atoms with Crippen molar-refractivity contribution in [3.05, 3.63) is 129 Å². The number of aromatic nitrogens is 4. The largest absolute Gasteiger partial charge is 0.461 e. The molecule has 5 atom stereocenters. The zero-order chi connectivity index (χ0) is 66.7. The summed E-state index contributed by atoms with van der Waals surface area (Å²) < 4.78 is 97.7. The lowest BCUT2D eigenvalue weighted by Crippen LogP contribution is -2.56. The molecule has 0 N–H and O–H groups in total. The van der Waals surface area contributed by atoms with E-state index in [1.165, 1.54) is 29.0 Å². The van der Waals surface area contributed by atoms with Crippen LogP contribution in [0.4, 0.5) is 45.0 Å². The van der Waals surface area contributed by atoms with Crippen molar-refractivity contribution in [3.8, 4) is 24.2 Å². The predicted molar refractivity (Wildman–Crippen MR) is 353 cm³/mol. The van der Waals surface area contributed by atoms with Crippen LogP contribution < -0.4 is 29.1 Å². The highest BCUT2D eigenvalue weighted by Crippen LogP contribution is 2.53. The summed E-state index contributed by atoms with van der Waals surface area (Å²) in [5.74, 6) is -3.85. The van der Waals surface area contributed by atoms with E-state index in [0.29, 0.717) is 115 Å². The summed E-state index contributed by atoms with van der Waals surface area (Å²) in [6.07, 6.45) is 5.60. The molecular formula is C70H73Cl2F5N14O5. The van der Waals surface area contributed by atoms with Gasteiger partial charge in [-0.2, -0.15) is 30.5 Å². The number of benzene rings is 4. The lowest BCUT2D eigenvalue weighted by Gasteiger charge is -2.42. The van der Waals surface area contributed by atoms with Gasteiger partial charge in [0.2, 0.25) is 0 Å². The Balaban J connectivity index is 0.764. The molecule has 10 heterocycles. The van der Waals surface area contributed by atoms with Crippen molar-refractivity contribution in [2.45, 2.75) is 119 Å². The van der Waals surface area contributed by atoms with Gasteiger partial charge in [-0.15, -0.1) is 0 Å². The number of methoxy groups -OCH3 is 1. The van der Waals surface area contributed by atoms with Crippen molar-refractivity contribution in [1.29, 1.82) is 10.5 Å². The van der Waals surface area contributed by atoms with Gasteiger partial charge in [-0.25, -0.2) is 22.0 Å².